The molecular weight excluding hydrogens is 376 g/mol. The molecule has 160 valence electrons. The van der Waals surface area contributed by atoms with Gasteiger partial charge in [-0.05, 0) is 68.3 Å². The van der Waals surface area contributed by atoms with Crippen LogP contribution < -0.4 is 21.3 Å². The van der Waals surface area contributed by atoms with Crippen LogP contribution in [-0.2, 0) is 11.2 Å². The molecule has 0 saturated carbocycles. The van der Waals surface area contributed by atoms with Crippen LogP contribution in [0.4, 0.5) is 16.2 Å². The highest BCUT2D eigenvalue weighted by atomic mass is 16.2. The van der Waals surface area contributed by atoms with Crippen LogP contribution in [0, 0.1) is 5.92 Å². The van der Waals surface area contributed by atoms with E-state index < -0.39 is 0 Å². The molecule has 0 radical (unpaired) electrons. The lowest BCUT2D eigenvalue weighted by Gasteiger charge is -2.30. The van der Waals surface area contributed by atoms with Crippen molar-refractivity contribution in [3.63, 3.8) is 0 Å². The van der Waals surface area contributed by atoms with Crippen LogP contribution in [0.5, 0.6) is 0 Å². The quantitative estimate of drug-likeness (QED) is 0.495. The molecule has 2 aromatic carbocycles. The Labute approximate surface area is 178 Å². The van der Waals surface area contributed by atoms with E-state index >= 15 is 0 Å². The van der Waals surface area contributed by atoms with Gasteiger partial charge in [0.25, 0.3) is 0 Å². The molecule has 1 fully saturated rings. The summed E-state index contributed by atoms with van der Waals surface area (Å²) in [5.74, 6) is 0.588. The summed E-state index contributed by atoms with van der Waals surface area (Å²) in [4.78, 5) is 23.3. The van der Waals surface area contributed by atoms with Crippen LogP contribution in [0.1, 0.15) is 38.2 Å². The zero-order valence-electron chi connectivity index (χ0n) is 17.6. The van der Waals surface area contributed by atoms with Gasteiger partial charge >= 0.3 is 6.03 Å². The average molecular weight is 409 g/mol. The van der Waals surface area contributed by atoms with Gasteiger partial charge in [-0.15, -0.1) is 0 Å². The summed E-state index contributed by atoms with van der Waals surface area (Å²) in [5, 5.41) is 12.1. The SMILES string of the molecule is CC(=O)Nc1cccc(NC(=O)NCCC[C@@H]2C[C@@H](Cc3ccccc3)CCN2)c1. The highest BCUT2D eigenvalue weighted by Crippen LogP contribution is 2.23. The number of piperidine rings is 1. The Morgan fingerprint density at radius 3 is 2.57 bits per heavy atom. The molecule has 0 unspecified atom stereocenters. The minimum absolute atomic E-state index is 0.140. The van der Waals surface area contributed by atoms with E-state index in [1.165, 1.54) is 25.3 Å². The summed E-state index contributed by atoms with van der Waals surface area (Å²) in [5.41, 5.74) is 2.73. The highest BCUT2D eigenvalue weighted by molar-refractivity contribution is 5.92. The summed E-state index contributed by atoms with van der Waals surface area (Å²) in [6.45, 7) is 3.16. The van der Waals surface area contributed by atoms with Crippen molar-refractivity contribution in [2.75, 3.05) is 23.7 Å². The van der Waals surface area contributed by atoms with Crippen LogP contribution >= 0.6 is 0 Å². The third-order valence-corrected chi connectivity index (χ3v) is 5.43. The Morgan fingerprint density at radius 2 is 1.80 bits per heavy atom. The maximum absolute atomic E-state index is 12.1. The first-order valence-corrected chi connectivity index (χ1v) is 10.8. The summed E-state index contributed by atoms with van der Waals surface area (Å²) >= 11 is 0. The largest absolute Gasteiger partial charge is 0.338 e. The van der Waals surface area contributed by atoms with E-state index in [2.05, 4.69) is 51.6 Å². The molecule has 2 aromatic rings. The third-order valence-electron chi connectivity index (χ3n) is 5.43. The summed E-state index contributed by atoms with van der Waals surface area (Å²) in [7, 11) is 0. The van der Waals surface area contributed by atoms with Crippen molar-refractivity contribution >= 4 is 23.3 Å². The lowest BCUT2D eigenvalue weighted by atomic mass is 9.86. The molecular formula is C24H32N4O2. The van der Waals surface area contributed by atoms with Gasteiger partial charge in [-0.2, -0.15) is 0 Å². The number of carbonyl (C=O) groups excluding carboxylic acids is 2. The van der Waals surface area contributed by atoms with Crippen molar-refractivity contribution in [1.82, 2.24) is 10.6 Å². The minimum Gasteiger partial charge on any atom is -0.338 e. The summed E-state index contributed by atoms with van der Waals surface area (Å²) < 4.78 is 0. The van der Waals surface area contributed by atoms with E-state index in [1.54, 1.807) is 24.3 Å². The molecule has 0 bridgehead atoms. The second-order valence-electron chi connectivity index (χ2n) is 8.02. The lowest BCUT2D eigenvalue weighted by molar-refractivity contribution is -0.114. The molecule has 0 spiro atoms. The fourth-order valence-corrected chi connectivity index (χ4v) is 4.05. The number of anilines is 2. The average Bonchev–Trinajstić information content (AvgIpc) is 2.72. The smallest absolute Gasteiger partial charge is 0.319 e. The summed E-state index contributed by atoms with van der Waals surface area (Å²) in [6, 6.07) is 18.1. The first kappa shape index (κ1) is 21.8. The van der Waals surface area contributed by atoms with E-state index in [0.29, 0.717) is 24.0 Å². The number of carbonyl (C=O) groups is 2. The van der Waals surface area contributed by atoms with E-state index in [9.17, 15) is 9.59 Å². The zero-order valence-corrected chi connectivity index (χ0v) is 17.6. The minimum atomic E-state index is -0.228. The number of benzene rings is 2. The second kappa shape index (κ2) is 11.4. The third kappa shape index (κ3) is 7.52. The molecule has 6 nitrogen and oxygen atoms in total. The van der Waals surface area contributed by atoms with Gasteiger partial charge in [0.1, 0.15) is 0 Å². The fraction of sp³-hybridized carbons (Fsp3) is 0.417. The van der Waals surface area contributed by atoms with Gasteiger partial charge in [-0.3, -0.25) is 4.79 Å². The fourth-order valence-electron chi connectivity index (χ4n) is 4.05. The number of amides is 3. The predicted octanol–water partition coefficient (Wildman–Crippen LogP) is 4.16. The standard InChI is InChI=1S/C24H32N4O2/c1-18(29)27-22-9-5-10-23(17-22)28-24(30)26-13-6-11-21-16-20(12-14-25-21)15-19-7-3-2-4-8-19/h2-5,7-10,17,20-21,25H,6,11-16H2,1H3,(H,27,29)(H2,26,28,30)/t20-,21-/m1/s1. The molecule has 3 amide bonds. The molecule has 0 aliphatic carbocycles. The first-order chi connectivity index (χ1) is 14.6. The van der Waals surface area contributed by atoms with Gasteiger partial charge in [0.05, 0.1) is 0 Å². The molecule has 1 saturated heterocycles. The Morgan fingerprint density at radius 1 is 1.03 bits per heavy atom. The van der Waals surface area contributed by atoms with E-state index in [-0.39, 0.29) is 11.9 Å². The van der Waals surface area contributed by atoms with Crippen LogP contribution in [-0.4, -0.2) is 31.1 Å². The van der Waals surface area contributed by atoms with Crippen molar-refractivity contribution in [3.8, 4) is 0 Å². The predicted molar refractivity (Wildman–Crippen MR) is 122 cm³/mol. The van der Waals surface area contributed by atoms with Crippen LogP contribution in [0.15, 0.2) is 54.6 Å². The number of hydrogen-bond acceptors (Lipinski definition) is 3. The topological polar surface area (TPSA) is 82.3 Å². The van der Waals surface area contributed by atoms with Crippen molar-refractivity contribution in [1.29, 1.82) is 0 Å². The monoisotopic (exact) mass is 408 g/mol. The molecule has 4 N–H and O–H groups in total. The Kier molecular flexibility index (Phi) is 8.27. The summed E-state index contributed by atoms with van der Waals surface area (Å²) in [6.07, 6.45) is 5.57. The Balaban J connectivity index is 1.34. The van der Waals surface area contributed by atoms with Crippen molar-refractivity contribution in [3.05, 3.63) is 60.2 Å². The van der Waals surface area contributed by atoms with E-state index in [0.717, 1.165) is 31.7 Å². The highest BCUT2D eigenvalue weighted by Gasteiger charge is 2.21. The molecule has 2 atom stereocenters. The van der Waals surface area contributed by atoms with Crippen molar-refractivity contribution < 1.29 is 9.59 Å². The van der Waals surface area contributed by atoms with Crippen molar-refractivity contribution in [2.24, 2.45) is 5.92 Å². The second-order valence-corrected chi connectivity index (χ2v) is 8.02. The number of hydrogen-bond donors (Lipinski definition) is 4. The van der Waals surface area contributed by atoms with Gasteiger partial charge in [-0.1, -0.05) is 36.4 Å². The Bertz CT molecular complexity index is 825. The van der Waals surface area contributed by atoms with Gasteiger partial charge in [0, 0.05) is 30.9 Å². The Hall–Kier alpha value is -2.86. The van der Waals surface area contributed by atoms with Crippen LogP contribution in [0.2, 0.25) is 0 Å². The molecule has 1 heterocycles. The van der Waals surface area contributed by atoms with Crippen LogP contribution in [0.3, 0.4) is 0 Å². The van der Waals surface area contributed by atoms with Crippen LogP contribution in [0.25, 0.3) is 0 Å². The molecule has 1 aliphatic heterocycles. The number of nitrogens with one attached hydrogen (secondary N) is 4. The maximum Gasteiger partial charge on any atom is 0.319 e. The first-order valence-electron chi connectivity index (χ1n) is 10.8. The molecule has 30 heavy (non-hydrogen) atoms. The normalized spacial score (nSPS) is 18.4. The van der Waals surface area contributed by atoms with Gasteiger partial charge in [0.2, 0.25) is 5.91 Å². The van der Waals surface area contributed by atoms with Crippen molar-refractivity contribution in [2.45, 2.75) is 45.1 Å². The molecule has 3 rings (SSSR count). The number of urea groups is 1. The molecule has 1 aliphatic rings. The van der Waals surface area contributed by atoms with Gasteiger partial charge in [-0.25, -0.2) is 4.79 Å². The molecule has 6 heteroatoms. The van der Waals surface area contributed by atoms with E-state index in [1.807, 2.05) is 0 Å². The maximum atomic E-state index is 12.1. The van der Waals surface area contributed by atoms with Gasteiger partial charge in [0.15, 0.2) is 0 Å². The lowest BCUT2D eigenvalue weighted by Crippen LogP contribution is -2.39. The van der Waals surface area contributed by atoms with Gasteiger partial charge < -0.3 is 21.3 Å². The van der Waals surface area contributed by atoms with E-state index in [4.69, 9.17) is 0 Å². The zero-order chi connectivity index (χ0) is 21.2. The molecule has 0 aromatic heterocycles. The number of rotatable bonds is 8.